The Bertz CT molecular complexity index is 468. The molecule has 0 atom stereocenters. The van der Waals surface area contributed by atoms with Crippen molar-refractivity contribution >= 4 is 17.4 Å². The second kappa shape index (κ2) is 4.94. The molecule has 0 spiro atoms. The van der Waals surface area contributed by atoms with Gasteiger partial charge in [0.15, 0.2) is 0 Å². The molecule has 1 N–H and O–H groups in total. The van der Waals surface area contributed by atoms with Gasteiger partial charge in [-0.3, -0.25) is 4.68 Å². The molecule has 2 aromatic rings. The molecule has 2 aromatic heterocycles. The molecule has 5 nitrogen and oxygen atoms in total. The lowest BCUT2D eigenvalue weighted by Crippen LogP contribution is -2.06. The van der Waals surface area contributed by atoms with Crippen LogP contribution < -0.4 is 5.32 Å². The first-order valence-electron chi connectivity index (χ1n) is 4.92. The van der Waals surface area contributed by atoms with E-state index in [1.54, 1.807) is 10.9 Å². The number of nitrogens with one attached hydrogen (secondary N) is 1. The third-order valence-electron chi connectivity index (χ3n) is 2.13. The van der Waals surface area contributed by atoms with Crippen molar-refractivity contribution < 1.29 is 0 Å². The minimum atomic E-state index is 0.536. The van der Waals surface area contributed by atoms with E-state index in [4.69, 9.17) is 11.6 Å². The predicted octanol–water partition coefficient (Wildman–Crippen LogP) is 1.52. The lowest BCUT2D eigenvalue weighted by atomic mass is 10.2. The van der Waals surface area contributed by atoms with Gasteiger partial charge in [-0.05, 0) is 12.0 Å². The first-order chi connectivity index (χ1) is 7.75. The van der Waals surface area contributed by atoms with Crippen LogP contribution >= 0.6 is 11.6 Å². The standard InChI is InChI=1S/C10H12ClN5/c1-16-6-8(4-15-16)2-3-13-10-9(11)5-12-7-14-10/h4-7H,2-3H2,1H3,(H,12,13,14). The Morgan fingerprint density at radius 3 is 3.00 bits per heavy atom. The molecule has 2 heterocycles. The van der Waals surface area contributed by atoms with E-state index in [0.29, 0.717) is 10.8 Å². The molecule has 0 bridgehead atoms. The van der Waals surface area contributed by atoms with Gasteiger partial charge in [0.25, 0.3) is 0 Å². The molecule has 0 aliphatic rings. The first-order valence-corrected chi connectivity index (χ1v) is 5.30. The summed E-state index contributed by atoms with van der Waals surface area (Å²) in [7, 11) is 1.90. The highest BCUT2D eigenvalue weighted by Crippen LogP contribution is 2.15. The number of aryl methyl sites for hydroxylation is 1. The normalized spacial score (nSPS) is 10.4. The van der Waals surface area contributed by atoms with Crippen molar-refractivity contribution in [2.75, 3.05) is 11.9 Å². The van der Waals surface area contributed by atoms with Gasteiger partial charge in [-0.25, -0.2) is 9.97 Å². The van der Waals surface area contributed by atoms with Crippen LogP contribution in [-0.2, 0) is 13.5 Å². The van der Waals surface area contributed by atoms with Crippen LogP contribution in [0.3, 0.4) is 0 Å². The number of halogens is 1. The van der Waals surface area contributed by atoms with Crippen LogP contribution in [0.2, 0.25) is 5.02 Å². The van der Waals surface area contributed by atoms with E-state index in [0.717, 1.165) is 13.0 Å². The lowest BCUT2D eigenvalue weighted by Gasteiger charge is -2.04. The summed E-state index contributed by atoms with van der Waals surface area (Å²) in [4.78, 5) is 7.86. The second-order valence-corrected chi connectivity index (χ2v) is 3.83. The molecule has 0 fully saturated rings. The zero-order valence-electron chi connectivity index (χ0n) is 8.89. The second-order valence-electron chi connectivity index (χ2n) is 3.42. The predicted molar refractivity (Wildman–Crippen MR) is 62.4 cm³/mol. The van der Waals surface area contributed by atoms with Gasteiger partial charge in [-0.2, -0.15) is 5.10 Å². The smallest absolute Gasteiger partial charge is 0.148 e. The number of hydrogen-bond donors (Lipinski definition) is 1. The molecule has 2 rings (SSSR count). The highest BCUT2D eigenvalue weighted by atomic mass is 35.5. The Labute approximate surface area is 98.5 Å². The monoisotopic (exact) mass is 237 g/mol. The Morgan fingerprint density at radius 2 is 2.31 bits per heavy atom. The number of nitrogens with zero attached hydrogens (tertiary/aromatic N) is 4. The average molecular weight is 238 g/mol. The third kappa shape index (κ3) is 2.70. The molecule has 0 unspecified atom stereocenters. The van der Waals surface area contributed by atoms with Crippen molar-refractivity contribution in [1.29, 1.82) is 0 Å². The van der Waals surface area contributed by atoms with Crippen molar-refractivity contribution in [2.45, 2.75) is 6.42 Å². The Hall–Kier alpha value is -1.62. The van der Waals surface area contributed by atoms with Crippen LogP contribution in [-0.4, -0.2) is 26.3 Å². The fraction of sp³-hybridized carbons (Fsp3) is 0.300. The highest BCUT2D eigenvalue weighted by molar-refractivity contribution is 6.32. The topological polar surface area (TPSA) is 55.6 Å². The Balaban J connectivity index is 1.87. The molecule has 16 heavy (non-hydrogen) atoms. The molecule has 0 aromatic carbocycles. The summed E-state index contributed by atoms with van der Waals surface area (Å²) in [5.41, 5.74) is 1.18. The summed E-state index contributed by atoms with van der Waals surface area (Å²) < 4.78 is 1.78. The summed E-state index contributed by atoms with van der Waals surface area (Å²) >= 11 is 5.91. The largest absolute Gasteiger partial charge is 0.368 e. The molecular weight excluding hydrogens is 226 g/mol. The zero-order chi connectivity index (χ0) is 11.4. The average Bonchev–Trinajstić information content (AvgIpc) is 2.67. The number of rotatable bonds is 4. The van der Waals surface area contributed by atoms with E-state index in [-0.39, 0.29) is 0 Å². The Morgan fingerprint density at radius 1 is 1.44 bits per heavy atom. The van der Waals surface area contributed by atoms with Crippen LogP contribution in [0.15, 0.2) is 24.9 Å². The third-order valence-corrected chi connectivity index (χ3v) is 2.41. The van der Waals surface area contributed by atoms with Crippen LogP contribution in [0, 0.1) is 0 Å². The number of anilines is 1. The van der Waals surface area contributed by atoms with Crippen molar-refractivity contribution in [3.63, 3.8) is 0 Å². The van der Waals surface area contributed by atoms with Crippen molar-refractivity contribution in [2.24, 2.45) is 7.05 Å². The van der Waals surface area contributed by atoms with Gasteiger partial charge < -0.3 is 5.32 Å². The van der Waals surface area contributed by atoms with Gasteiger partial charge in [0.1, 0.15) is 17.2 Å². The van der Waals surface area contributed by atoms with E-state index >= 15 is 0 Å². The summed E-state index contributed by atoms with van der Waals surface area (Å²) in [6.45, 7) is 0.766. The minimum absolute atomic E-state index is 0.536. The van der Waals surface area contributed by atoms with E-state index in [1.165, 1.54) is 11.9 Å². The zero-order valence-corrected chi connectivity index (χ0v) is 9.65. The van der Waals surface area contributed by atoms with Gasteiger partial charge in [0, 0.05) is 19.8 Å². The summed E-state index contributed by atoms with van der Waals surface area (Å²) in [5.74, 6) is 0.667. The van der Waals surface area contributed by atoms with E-state index < -0.39 is 0 Å². The first kappa shape index (κ1) is 10.9. The van der Waals surface area contributed by atoms with Crippen LogP contribution in [0.4, 0.5) is 5.82 Å². The van der Waals surface area contributed by atoms with Gasteiger partial charge in [-0.15, -0.1) is 0 Å². The van der Waals surface area contributed by atoms with Crippen molar-refractivity contribution in [1.82, 2.24) is 19.7 Å². The van der Waals surface area contributed by atoms with Crippen LogP contribution in [0.25, 0.3) is 0 Å². The van der Waals surface area contributed by atoms with Gasteiger partial charge >= 0.3 is 0 Å². The molecule has 0 aliphatic heterocycles. The fourth-order valence-electron chi connectivity index (χ4n) is 1.37. The van der Waals surface area contributed by atoms with Gasteiger partial charge in [-0.1, -0.05) is 11.6 Å². The highest BCUT2D eigenvalue weighted by Gasteiger charge is 2.00. The molecule has 84 valence electrons. The fourth-order valence-corrected chi connectivity index (χ4v) is 1.54. The SMILES string of the molecule is Cn1cc(CCNc2ncncc2Cl)cn1. The van der Waals surface area contributed by atoms with Crippen LogP contribution in [0.1, 0.15) is 5.56 Å². The Kier molecular flexibility index (Phi) is 3.36. The maximum atomic E-state index is 5.91. The molecule has 6 heteroatoms. The summed E-state index contributed by atoms with van der Waals surface area (Å²) in [6, 6.07) is 0. The van der Waals surface area contributed by atoms with E-state index in [9.17, 15) is 0 Å². The molecule has 0 radical (unpaired) electrons. The number of aromatic nitrogens is 4. The summed E-state index contributed by atoms with van der Waals surface area (Å²) in [6.07, 6.45) is 7.76. The van der Waals surface area contributed by atoms with Gasteiger partial charge in [0.05, 0.1) is 12.4 Å². The van der Waals surface area contributed by atoms with Gasteiger partial charge in [0.2, 0.25) is 0 Å². The van der Waals surface area contributed by atoms with E-state index in [2.05, 4.69) is 20.4 Å². The molecule has 0 aliphatic carbocycles. The van der Waals surface area contributed by atoms with E-state index in [1.807, 2.05) is 19.4 Å². The molecule has 0 saturated carbocycles. The van der Waals surface area contributed by atoms with Crippen LogP contribution in [0.5, 0.6) is 0 Å². The quantitative estimate of drug-likeness (QED) is 0.876. The van der Waals surface area contributed by atoms with Crippen molar-refractivity contribution in [3.05, 3.63) is 35.5 Å². The summed E-state index contributed by atoms with van der Waals surface area (Å²) in [5, 5.41) is 7.78. The lowest BCUT2D eigenvalue weighted by molar-refractivity contribution is 0.767. The molecular formula is C10H12ClN5. The molecule has 0 amide bonds. The maximum Gasteiger partial charge on any atom is 0.148 e. The molecule has 0 saturated heterocycles. The van der Waals surface area contributed by atoms with Crippen molar-refractivity contribution in [3.8, 4) is 0 Å². The minimum Gasteiger partial charge on any atom is -0.368 e. The number of hydrogen-bond acceptors (Lipinski definition) is 4. The maximum absolute atomic E-state index is 5.91.